The van der Waals surface area contributed by atoms with Crippen molar-refractivity contribution < 1.29 is 63.9 Å². The molecule has 0 bridgehead atoms. The Hall–Kier alpha value is -1.01. The summed E-state index contributed by atoms with van der Waals surface area (Å²) in [6.07, 6.45) is -10.5. The van der Waals surface area contributed by atoms with Gasteiger partial charge in [0.25, 0.3) is 0 Å². The number of rotatable bonds is 7. The highest BCUT2D eigenvalue weighted by molar-refractivity contribution is 5.73. The average molecular weight is 736 g/mol. The Labute approximate surface area is 304 Å². The molecule has 51 heavy (non-hydrogen) atoms. The molecule has 0 saturated carbocycles. The van der Waals surface area contributed by atoms with Crippen molar-refractivity contribution in [2.45, 2.75) is 185 Å². The van der Waals surface area contributed by atoms with Gasteiger partial charge >= 0.3 is 5.97 Å². The number of hydrogen-bond donors (Lipinski definition) is 6. The molecule has 0 aromatic rings. The second-order valence-electron chi connectivity index (χ2n) is 16.7. The van der Waals surface area contributed by atoms with Crippen LogP contribution in [-0.4, -0.2) is 153 Å². The topological polar surface area (TPSA) is 197 Å². The minimum absolute atomic E-state index is 0.0362. The minimum Gasteiger partial charge on any atom is -0.459 e. The quantitative estimate of drug-likeness (QED) is 0.206. The highest BCUT2D eigenvalue weighted by atomic mass is 16.7. The van der Waals surface area contributed by atoms with Crippen molar-refractivity contribution in [2.24, 2.45) is 23.7 Å². The van der Waals surface area contributed by atoms with Crippen molar-refractivity contribution in [3.63, 3.8) is 0 Å². The molecule has 3 heterocycles. The van der Waals surface area contributed by atoms with E-state index in [1.807, 2.05) is 25.9 Å². The zero-order valence-electron chi connectivity index (χ0n) is 33.1. The van der Waals surface area contributed by atoms with E-state index in [1.165, 1.54) is 14.0 Å². The number of nitrogens with zero attached hydrogens (tertiary/aromatic N) is 1. The smallest absolute Gasteiger partial charge is 0.311 e. The Morgan fingerprint density at radius 1 is 0.863 bits per heavy atom. The van der Waals surface area contributed by atoms with Crippen LogP contribution in [0.5, 0.6) is 0 Å². The predicted octanol–water partition coefficient (Wildman–Crippen LogP) is 1.58. The zero-order chi connectivity index (χ0) is 39.0. The third kappa shape index (κ3) is 9.63. The molecule has 6 N–H and O–H groups in total. The molecule has 300 valence electrons. The van der Waals surface area contributed by atoms with Gasteiger partial charge in [0.2, 0.25) is 0 Å². The van der Waals surface area contributed by atoms with Gasteiger partial charge in [-0.3, -0.25) is 4.79 Å². The number of hydrogen-bond acceptors (Lipinski definition) is 14. The highest BCUT2D eigenvalue weighted by Gasteiger charge is 2.53. The number of methoxy groups -OCH3 is 1. The summed E-state index contributed by atoms with van der Waals surface area (Å²) >= 11 is 0. The summed E-state index contributed by atoms with van der Waals surface area (Å²) in [5.74, 6) is -4.11. The van der Waals surface area contributed by atoms with Crippen LogP contribution in [0.3, 0.4) is 0 Å². The van der Waals surface area contributed by atoms with Gasteiger partial charge in [0.15, 0.2) is 12.6 Å². The maximum absolute atomic E-state index is 14.1. The van der Waals surface area contributed by atoms with E-state index in [2.05, 4.69) is 0 Å². The van der Waals surface area contributed by atoms with Crippen molar-refractivity contribution >= 4 is 5.97 Å². The van der Waals surface area contributed by atoms with E-state index in [-0.39, 0.29) is 31.4 Å². The van der Waals surface area contributed by atoms with E-state index in [9.17, 15) is 35.4 Å². The van der Waals surface area contributed by atoms with Crippen molar-refractivity contribution in [1.29, 1.82) is 0 Å². The Morgan fingerprint density at radius 2 is 1.47 bits per heavy atom. The highest BCUT2D eigenvalue weighted by Crippen LogP contribution is 2.41. The second-order valence-corrected chi connectivity index (χ2v) is 16.7. The van der Waals surface area contributed by atoms with E-state index in [1.54, 1.807) is 55.4 Å². The second kappa shape index (κ2) is 17.2. The number of aliphatic hydroxyl groups excluding tert-OH is 4. The van der Waals surface area contributed by atoms with Crippen LogP contribution in [0.15, 0.2) is 0 Å². The van der Waals surface area contributed by atoms with E-state index in [4.69, 9.17) is 28.4 Å². The largest absolute Gasteiger partial charge is 0.459 e. The van der Waals surface area contributed by atoms with Crippen molar-refractivity contribution in [3.8, 4) is 0 Å². The molecule has 0 aromatic heterocycles. The Kier molecular flexibility index (Phi) is 15.0. The first-order chi connectivity index (χ1) is 23.4. The molecular formula is C37H69NO13. The molecular weight excluding hydrogens is 666 g/mol. The van der Waals surface area contributed by atoms with Gasteiger partial charge in [0.05, 0.1) is 53.7 Å². The molecule has 0 radical (unpaired) electrons. The summed E-state index contributed by atoms with van der Waals surface area (Å²) in [6, 6.07) is -0.310. The molecule has 0 aromatic carbocycles. The van der Waals surface area contributed by atoms with E-state index in [0.717, 1.165) is 0 Å². The van der Waals surface area contributed by atoms with Gasteiger partial charge in [0, 0.05) is 31.4 Å². The molecule has 14 heteroatoms. The van der Waals surface area contributed by atoms with Crippen LogP contribution < -0.4 is 0 Å². The van der Waals surface area contributed by atoms with Gasteiger partial charge in [-0.25, -0.2) is 0 Å². The molecule has 14 nitrogen and oxygen atoms in total. The van der Waals surface area contributed by atoms with E-state index in [0.29, 0.717) is 6.42 Å². The maximum atomic E-state index is 14.1. The van der Waals surface area contributed by atoms with Crippen molar-refractivity contribution in [2.75, 3.05) is 21.2 Å². The third-order valence-corrected chi connectivity index (χ3v) is 12.0. The van der Waals surface area contributed by atoms with Crippen LogP contribution >= 0.6 is 0 Å². The first kappa shape index (κ1) is 44.4. The fraction of sp³-hybridized carbons (Fsp3) is 0.973. The molecule has 0 spiro atoms. The lowest BCUT2D eigenvalue weighted by molar-refractivity contribution is -0.318. The number of aliphatic hydroxyl groups is 6. The SMILES string of the molecule is CC[C@H]1OC(=O)[C@H](C)[C@@H](O[C@H]2C[C@@](C)(OC)[C@@H](O)[C@H](C)O2)[C@H](C)[C@@H](O[C@@H]2O[C@H](C)C[C@H](N(C)C)[C@H]2O)[C@@](C)(O)C[C@@H](C)C(O)[C@H](C)[C@@H](O)[C@]1(C)O. The number of ether oxygens (including phenoxy) is 6. The summed E-state index contributed by atoms with van der Waals surface area (Å²) < 4.78 is 37.2. The Bertz CT molecular complexity index is 1120. The Balaban J connectivity index is 2.18. The summed E-state index contributed by atoms with van der Waals surface area (Å²) in [5.41, 5.74) is -4.71. The molecule has 3 rings (SSSR count). The number of cyclic esters (lactones) is 1. The molecule has 0 amide bonds. The van der Waals surface area contributed by atoms with Gasteiger partial charge in [0.1, 0.15) is 23.9 Å². The third-order valence-electron chi connectivity index (χ3n) is 12.0. The maximum Gasteiger partial charge on any atom is 0.311 e. The molecule has 0 aliphatic carbocycles. The first-order valence-corrected chi connectivity index (χ1v) is 18.6. The fourth-order valence-corrected chi connectivity index (χ4v) is 8.59. The molecule has 3 aliphatic heterocycles. The lowest BCUT2D eigenvalue weighted by atomic mass is 9.73. The number of carbonyl (C=O) groups excluding carboxylic acids is 1. The van der Waals surface area contributed by atoms with E-state index < -0.39 is 108 Å². The number of esters is 1. The van der Waals surface area contributed by atoms with Crippen LogP contribution in [-0.2, 0) is 33.2 Å². The van der Waals surface area contributed by atoms with Gasteiger partial charge in [-0.15, -0.1) is 0 Å². The lowest BCUT2D eigenvalue weighted by Crippen LogP contribution is -2.61. The molecule has 19 atom stereocenters. The standard InChI is InChI=1S/C37H69NO13/c1-14-25-37(10,45)30(41)20(4)27(39)18(2)16-35(8,44)32(51-34-28(40)24(38(11)12)15-19(3)47-34)21(5)29(22(6)33(43)49-25)50-26-17-36(9,46-13)31(42)23(7)48-26/h18-32,34,39-42,44-45H,14-17H2,1-13H3/t18-,19-,20+,21+,22-,23+,24+,25-,26+,27?,28-,29+,30-,31+,32-,34+,35+,36-,37-/m1/s1. The normalized spacial score (nSPS) is 51.2. The van der Waals surface area contributed by atoms with E-state index >= 15 is 0 Å². The number of carbonyl (C=O) groups is 1. The lowest BCUT2D eigenvalue weighted by Gasteiger charge is -2.49. The van der Waals surface area contributed by atoms with Crippen LogP contribution in [0.25, 0.3) is 0 Å². The first-order valence-electron chi connectivity index (χ1n) is 18.6. The van der Waals surface area contributed by atoms with Crippen LogP contribution in [0.1, 0.15) is 94.9 Å². The van der Waals surface area contributed by atoms with Crippen LogP contribution in [0.2, 0.25) is 0 Å². The summed E-state index contributed by atoms with van der Waals surface area (Å²) in [5, 5.41) is 69.3. The van der Waals surface area contributed by atoms with Gasteiger partial charge in [-0.05, 0) is 80.8 Å². The molecule has 3 fully saturated rings. The molecule has 3 saturated heterocycles. The monoisotopic (exact) mass is 735 g/mol. The summed E-state index contributed by atoms with van der Waals surface area (Å²) in [4.78, 5) is 16.0. The minimum atomic E-state index is -1.93. The number of likely N-dealkylation sites (N-methyl/N-ethyl adjacent to an activating group) is 1. The Morgan fingerprint density at radius 3 is 2.02 bits per heavy atom. The average Bonchev–Trinajstić information content (AvgIpc) is 3.05. The van der Waals surface area contributed by atoms with Crippen molar-refractivity contribution in [1.82, 2.24) is 4.90 Å². The summed E-state index contributed by atoms with van der Waals surface area (Å²) in [6.45, 7) is 16.7. The molecule has 3 aliphatic rings. The van der Waals surface area contributed by atoms with Crippen LogP contribution in [0, 0.1) is 23.7 Å². The predicted molar refractivity (Wildman–Crippen MR) is 187 cm³/mol. The fourth-order valence-electron chi connectivity index (χ4n) is 8.59. The van der Waals surface area contributed by atoms with Gasteiger partial charge in [-0.1, -0.05) is 27.7 Å². The van der Waals surface area contributed by atoms with Crippen LogP contribution in [0.4, 0.5) is 0 Å². The van der Waals surface area contributed by atoms with Gasteiger partial charge in [-0.2, -0.15) is 0 Å². The summed E-state index contributed by atoms with van der Waals surface area (Å²) in [7, 11) is 5.20. The van der Waals surface area contributed by atoms with Gasteiger partial charge < -0.3 is 64.0 Å². The molecule has 1 unspecified atom stereocenters. The zero-order valence-corrected chi connectivity index (χ0v) is 33.1. The van der Waals surface area contributed by atoms with Crippen molar-refractivity contribution in [3.05, 3.63) is 0 Å².